The van der Waals surface area contributed by atoms with Gasteiger partial charge in [-0.1, -0.05) is 18.2 Å². The second kappa shape index (κ2) is 7.93. The number of hydroxylamine groups is 1. The van der Waals surface area contributed by atoms with Gasteiger partial charge in [-0.15, -0.1) is 0 Å². The monoisotopic (exact) mass is 265 g/mol. The highest BCUT2D eigenvalue weighted by atomic mass is 16.7. The molecule has 7 heteroatoms. The highest BCUT2D eigenvalue weighted by molar-refractivity contribution is 6.01. The normalized spacial score (nSPS) is 10.9. The molecule has 0 unspecified atom stereocenters. The van der Waals surface area contributed by atoms with Gasteiger partial charge in [0.05, 0.1) is 12.3 Å². The Hall–Kier alpha value is -2.28. The van der Waals surface area contributed by atoms with Crippen molar-refractivity contribution in [2.24, 2.45) is 21.6 Å². The fourth-order valence-corrected chi connectivity index (χ4v) is 1.28. The van der Waals surface area contributed by atoms with Crippen molar-refractivity contribution in [1.29, 1.82) is 0 Å². The molecule has 0 spiro atoms. The molecule has 4 N–H and O–H groups in total. The highest BCUT2D eigenvalue weighted by Crippen LogP contribution is 2.15. The topological polar surface area (TPSA) is 98.5 Å². The molecule has 0 saturated heterocycles. The van der Waals surface area contributed by atoms with E-state index in [1.165, 1.54) is 5.06 Å². The Bertz CT molecular complexity index is 429. The maximum absolute atomic E-state index is 5.49. The number of guanidine groups is 2. The van der Waals surface area contributed by atoms with Gasteiger partial charge in [0, 0.05) is 0 Å². The zero-order valence-electron chi connectivity index (χ0n) is 11.1. The standard InChI is InChI=1S/C12H19N5O2/c1-3-18-16-12(15-11(13)14)17(19-4-2)10-8-6-5-7-9-10/h5-9H,3-4H2,1-2H3,(H4,13,14,15,16). The lowest BCUT2D eigenvalue weighted by Gasteiger charge is -2.21. The van der Waals surface area contributed by atoms with Crippen LogP contribution < -0.4 is 16.5 Å². The highest BCUT2D eigenvalue weighted by Gasteiger charge is 2.15. The van der Waals surface area contributed by atoms with E-state index in [1.54, 1.807) is 0 Å². The average Bonchev–Trinajstić information content (AvgIpc) is 2.41. The quantitative estimate of drug-likeness (QED) is 0.470. The van der Waals surface area contributed by atoms with E-state index < -0.39 is 0 Å². The average molecular weight is 265 g/mol. The summed E-state index contributed by atoms with van der Waals surface area (Å²) in [6.07, 6.45) is 0. The van der Waals surface area contributed by atoms with Crippen molar-refractivity contribution in [3.63, 3.8) is 0 Å². The van der Waals surface area contributed by atoms with Crippen LogP contribution in [0.4, 0.5) is 5.69 Å². The van der Waals surface area contributed by atoms with E-state index in [-0.39, 0.29) is 11.9 Å². The van der Waals surface area contributed by atoms with Crippen LogP contribution in [0.5, 0.6) is 0 Å². The van der Waals surface area contributed by atoms with E-state index in [0.29, 0.717) is 13.2 Å². The number of benzene rings is 1. The SMILES string of the molecule is CCON=C(N=C(N)N)N(OCC)c1ccccc1. The number of oxime groups is 1. The third-order valence-electron chi connectivity index (χ3n) is 1.93. The Labute approximate surface area is 112 Å². The molecule has 1 aromatic carbocycles. The van der Waals surface area contributed by atoms with Gasteiger partial charge in [-0.3, -0.25) is 4.84 Å². The van der Waals surface area contributed by atoms with Gasteiger partial charge in [0.25, 0.3) is 5.96 Å². The van der Waals surface area contributed by atoms with Gasteiger partial charge in [0.15, 0.2) is 5.96 Å². The Balaban J connectivity index is 3.09. The molecule has 0 amide bonds. The zero-order chi connectivity index (χ0) is 14.1. The molecular formula is C12H19N5O2. The van der Waals surface area contributed by atoms with Crippen molar-refractivity contribution in [3.8, 4) is 0 Å². The molecule has 0 atom stereocenters. The van der Waals surface area contributed by atoms with Crippen molar-refractivity contribution in [3.05, 3.63) is 30.3 Å². The summed E-state index contributed by atoms with van der Waals surface area (Å²) in [5.74, 6) is 0.00832. The van der Waals surface area contributed by atoms with E-state index in [4.69, 9.17) is 21.1 Å². The smallest absolute Gasteiger partial charge is 0.294 e. The summed E-state index contributed by atoms with van der Waals surface area (Å²) in [5, 5.41) is 5.26. The molecule has 7 nitrogen and oxygen atoms in total. The van der Waals surface area contributed by atoms with Crippen LogP contribution in [0.15, 0.2) is 40.5 Å². The first-order valence-corrected chi connectivity index (χ1v) is 5.96. The fraction of sp³-hybridized carbons (Fsp3) is 0.333. The van der Waals surface area contributed by atoms with Crippen LogP contribution in [0.25, 0.3) is 0 Å². The van der Waals surface area contributed by atoms with Crippen LogP contribution in [0, 0.1) is 0 Å². The predicted octanol–water partition coefficient (Wildman–Crippen LogP) is 1.03. The summed E-state index contributed by atoms with van der Waals surface area (Å²) < 4.78 is 0. The molecule has 0 aliphatic rings. The third-order valence-corrected chi connectivity index (χ3v) is 1.93. The van der Waals surface area contributed by atoms with Crippen LogP contribution in [0.2, 0.25) is 0 Å². The first kappa shape index (κ1) is 14.8. The Morgan fingerprint density at radius 1 is 1.16 bits per heavy atom. The van der Waals surface area contributed by atoms with Crippen LogP contribution in [0.3, 0.4) is 0 Å². The Kier molecular flexibility index (Phi) is 6.17. The van der Waals surface area contributed by atoms with E-state index >= 15 is 0 Å². The predicted molar refractivity (Wildman–Crippen MR) is 75.4 cm³/mol. The maximum atomic E-state index is 5.49. The molecule has 1 rings (SSSR count). The zero-order valence-corrected chi connectivity index (χ0v) is 11.1. The lowest BCUT2D eigenvalue weighted by atomic mass is 10.3. The number of para-hydroxylation sites is 1. The van der Waals surface area contributed by atoms with Gasteiger partial charge in [0.1, 0.15) is 6.61 Å². The number of nitrogens with two attached hydrogens (primary N) is 2. The van der Waals surface area contributed by atoms with Gasteiger partial charge < -0.3 is 16.3 Å². The molecule has 1 aromatic rings. The molecule has 0 saturated carbocycles. The van der Waals surface area contributed by atoms with Crippen molar-refractivity contribution >= 4 is 17.6 Å². The first-order chi connectivity index (χ1) is 9.19. The third kappa shape index (κ3) is 4.84. The molecule has 0 bridgehead atoms. The summed E-state index contributed by atoms with van der Waals surface area (Å²) in [7, 11) is 0. The largest absolute Gasteiger partial charge is 0.393 e. The van der Waals surface area contributed by atoms with Gasteiger partial charge in [-0.25, -0.2) is 0 Å². The van der Waals surface area contributed by atoms with E-state index in [9.17, 15) is 0 Å². The summed E-state index contributed by atoms with van der Waals surface area (Å²) in [5.41, 5.74) is 11.5. The minimum Gasteiger partial charge on any atom is -0.393 e. The van der Waals surface area contributed by atoms with Gasteiger partial charge in [0.2, 0.25) is 0 Å². The van der Waals surface area contributed by atoms with Crippen LogP contribution in [-0.4, -0.2) is 25.1 Å². The minimum atomic E-state index is -0.126. The number of aliphatic imine (C=N–C) groups is 1. The molecule has 0 aliphatic carbocycles. The number of hydrogen-bond acceptors (Lipinski definition) is 3. The molecular weight excluding hydrogens is 246 g/mol. The van der Waals surface area contributed by atoms with Gasteiger partial charge in [-0.2, -0.15) is 10.1 Å². The molecule has 104 valence electrons. The van der Waals surface area contributed by atoms with Crippen molar-refractivity contribution in [2.45, 2.75) is 13.8 Å². The fourth-order valence-electron chi connectivity index (χ4n) is 1.28. The molecule has 19 heavy (non-hydrogen) atoms. The molecule has 0 heterocycles. The summed E-state index contributed by atoms with van der Waals surface area (Å²) in [6.45, 7) is 4.49. The lowest BCUT2D eigenvalue weighted by Crippen LogP contribution is -2.34. The first-order valence-electron chi connectivity index (χ1n) is 5.96. The Morgan fingerprint density at radius 3 is 2.37 bits per heavy atom. The number of rotatable bonds is 5. The van der Waals surface area contributed by atoms with E-state index in [1.807, 2.05) is 44.2 Å². The van der Waals surface area contributed by atoms with Crippen molar-refractivity contribution in [1.82, 2.24) is 0 Å². The maximum Gasteiger partial charge on any atom is 0.294 e. The lowest BCUT2D eigenvalue weighted by molar-refractivity contribution is 0.135. The molecule has 0 aromatic heterocycles. The molecule has 0 radical (unpaired) electrons. The van der Waals surface area contributed by atoms with Crippen LogP contribution >= 0.6 is 0 Å². The van der Waals surface area contributed by atoms with E-state index in [0.717, 1.165) is 5.69 Å². The van der Waals surface area contributed by atoms with Gasteiger partial charge in [-0.05, 0) is 31.1 Å². The summed E-state index contributed by atoms with van der Waals surface area (Å²) >= 11 is 0. The number of anilines is 1. The molecule has 0 aliphatic heterocycles. The summed E-state index contributed by atoms with van der Waals surface area (Å²) in [6, 6.07) is 9.33. The second-order valence-corrected chi connectivity index (χ2v) is 3.39. The van der Waals surface area contributed by atoms with E-state index in [2.05, 4.69) is 10.1 Å². The minimum absolute atomic E-state index is 0.126. The summed E-state index contributed by atoms with van der Waals surface area (Å²) in [4.78, 5) is 14.4. The van der Waals surface area contributed by atoms with Crippen molar-refractivity contribution in [2.75, 3.05) is 18.3 Å². The van der Waals surface area contributed by atoms with Crippen LogP contribution in [-0.2, 0) is 9.68 Å². The van der Waals surface area contributed by atoms with Crippen molar-refractivity contribution < 1.29 is 9.68 Å². The Morgan fingerprint density at radius 2 is 1.84 bits per heavy atom. The number of nitrogens with zero attached hydrogens (tertiary/aromatic N) is 3. The second-order valence-electron chi connectivity index (χ2n) is 3.39. The van der Waals surface area contributed by atoms with Gasteiger partial charge >= 0.3 is 0 Å². The number of hydrogen-bond donors (Lipinski definition) is 2. The van der Waals surface area contributed by atoms with Crippen LogP contribution in [0.1, 0.15) is 13.8 Å². The molecule has 0 fully saturated rings.